The number of carbonyl (C=O) groups is 1. The van der Waals surface area contributed by atoms with Gasteiger partial charge in [0.2, 0.25) is 5.79 Å². The number of halogens is 2. The summed E-state index contributed by atoms with van der Waals surface area (Å²) in [6, 6.07) is 0. The van der Waals surface area contributed by atoms with Crippen molar-refractivity contribution in [1.29, 1.82) is 0 Å². The average Bonchev–Trinajstić information content (AvgIpc) is 3.07. The van der Waals surface area contributed by atoms with Gasteiger partial charge in [0.25, 0.3) is 0 Å². The van der Waals surface area contributed by atoms with Gasteiger partial charge in [-0.05, 0) is 38.8 Å². The molecule has 0 unspecified atom stereocenters. The minimum absolute atomic E-state index is 0.0192. The third kappa shape index (κ3) is 5.50. The van der Waals surface area contributed by atoms with Crippen LogP contribution in [0, 0.1) is 0 Å². The Kier molecular flexibility index (Phi) is 7.58. The smallest absolute Gasteiger partial charge is 0.218 e. The molecule has 116 valence electrons. The maximum absolute atomic E-state index is 10.6. The first kappa shape index (κ1) is 18.9. The summed E-state index contributed by atoms with van der Waals surface area (Å²) in [5.41, 5.74) is 0. The number of carbonyl (C=O) groups excluding carboxylic acids is 1. The SMILES string of the molecule is CC(=O)c1ncc(Br)s1.COC(C)(OC)c1ncc(Br)s1. The first-order valence-electron chi connectivity index (χ1n) is 5.66. The predicted octanol–water partition coefficient (Wildman–Crippen LogP) is 4.48. The lowest BCUT2D eigenvalue weighted by atomic mass is 10.3. The number of thiazole rings is 2. The Hall–Kier alpha value is -0.190. The van der Waals surface area contributed by atoms with Gasteiger partial charge in [-0.3, -0.25) is 4.79 Å². The molecule has 2 aromatic rings. The number of hydrogen-bond donors (Lipinski definition) is 0. The average molecular weight is 458 g/mol. The summed E-state index contributed by atoms with van der Waals surface area (Å²) in [5, 5.41) is 1.36. The van der Waals surface area contributed by atoms with Crippen LogP contribution >= 0.6 is 54.5 Å². The number of nitrogens with zero attached hydrogens (tertiary/aromatic N) is 2. The van der Waals surface area contributed by atoms with Crippen molar-refractivity contribution in [3.63, 3.8) is 0 Å². The lowest BCUT2D eigenvalue weighted by Gasteiger charge is -2.23. The predicted molar refractivity (Wildman–Crippen MR) is 91.0 cm³/mol. The van der Waals surface area contributed by atoms with Gasteiger partial charge in [0.1, 0.15) is 0 Å². The van der Waals surface area contributed by atoms with Gasteiger partial charge in [0, 0.05) is 21.1 Å². The van der Waals surface area contributed by atoms with Crippen molar-refractivity contribution >= 4 is 60.3 Å². The first-order valence-corrected chi connectivity index (χ1v) is 8.88. The van der Waals surface area contributed by atoms with Crippen molar-refractivity contribution < 1.29 is 14.3 Å². The van der Waals surface area contributed by atoms with Crippen LogP contribution in [0.1, 0.15) is 28.7 Å². The maximum Gasteiger partial charge on any atom is 0.218 e. The van der Waals surface area contributed by atoms with Crippen LogP contribution in [0.2, 0.25) is 0 Å². The van der Waals surface area contributed by atoms with E-state index < -0.39 is 5.79 Å². The number of hydrogen-bond acceptors (Lipinski definition) is 7. The fourth-order valence-electron chi connectivity index (χ4n) is 1.14. The third-order valence-corrected chi connectivity index (χ3v) is 5.66. The second kappa shape index (κ2) is 8.44. The summed E-state index contributed by atoms with van der Waals surface area (Å²) in [4.78, 5) is 18.6. The second-order valence-corrected chi connectivity index (χ2v) is 8.67. The van der Waals surface area contributed by atoms with E-state index in [1.54, 1.807) is 26.6 Å². The van der Waals surface area contributed by atoms with E-state index in [0.717, 1.165) is 12.6 Å². The lowest BCUT2D eigenvalue weighted by molar-refractivity contribution is -0.201. The summed E-state index contributed by atoms with van der Waals surface area (Å²) in [6.07, 6.45) is 3.36. The van der Waals surface area contributed by atoms with E-state index in [-0.39, 0.29) is 5.78 Å². The van der Waals surface area contributed by atoms with Crippen molar-refractivity contribution in [2.24, 2.45) is 0 Å². The van der Waals surface area contributed by atoms with Crippen LogP contribution in [0.25, 0.3) is 0 Å². The van der Waals surface area contributed by atoms with Gasteiger partial charge in [-0.2, -0.15) is 0 Å². The molecule has 0 aliphatic rings. The Morgan fingerprint density at radius 1 is 1.14 bits per heavy atom. The lowest BCUT2D eigenvalue weighted by Crippen LogP contribution is -2.26. The van der Waals surface area contributed by atoms with Crippen molar-refractivity contribution in [1.82, 2.24) is 9.97 Å². The molecule has 0 spiro atoms. The number of Topliss-reactive ketones (excluding diaryl/α,β-unsaturated/α-hetero) is 1. The fourth-order valence-corrected chi connectivity index (χ4v) is 3.55. The molecule has 9 heteroatoms. The topological polar surface area (TPSA) is 61.3 Å². The summed E-state index contributed by atoms with van der Waals surface area (Å²) in [7, 11) is 3.19. The van der Waals surface area contributed by atoms with Crippen molar-refractivity contribution in [2.75, 3.05) is 14.2 Å². The highest BCUT2D eigenvalue weighted by Gasteiger charge is 2.29. The molecule has 0 aliphatic heterocycles. The first-order chi connectivity index (χ1) is 9.82. The molecule has 0 saturated heterocycles. The van der Waals surface area contributed by atoms with Gasteiger partial charge in [-0.1, -0.05) is 0 Å². The molecule has 2 heterocycles. The van der Waals surface area contributed by atoms with Crippen molar-refractivity contribution in [3.8, 4) is 0 Å². The molecule has 0 fully saturated rings. The zero-order valence-electron chi connectivity index (χ0n) is 11.8. The number of ether oxygens (including phenoxy) is 2. The third-order valence-electron chi connectivity index (χ3n) is 2.42. The molecule has 2 rings (SSSR count). The molecule has 0 aromatic carbocycles. The molecule has 21 heavy (non-hydrogen) atoms. The Morgan fingerprint density at radius 2 is 1.67 bits per heavy atom. The molecule has 0 aliphatic carbocycles. The summed E-state index contributed by atoms with van der Waals surface area (Å²) in [6.45, 7) is 3.34. The van der Waals surface area contributed by atoms with Gasteiger partial charge in [-0.15, -0.1) is 22.7 Å². The largest absolute Gasteiger partial charge is 0.348 e. The minimum atomic E-state index is -0.726. The minimum Gasteiger partial charge on any atom is -0.348 e. The van der Waals surface area contributed by atoms with Crippen LogP contribution in [0.3, 0.4) is 0 Å². The molecule has 0 atom stereocenters. The van der Waals surface area contributed by atoms with Gasteiger partial charge in [0.05, 0.1) is 20.0 Å². The fraction of sp³-hybridized carbons (Fsp3) is 0.417. The van der Waals surface area contributed by atoms with E-state index in [1.165, 1.54) is 29.6 Å². The van der Waals surface area contributed by atoms with E-state index >= 15 is 0 Å². The van der Waals surface area contributed by atoms with Crippen LogP contribution < -0.4 is 0 Å². The van der Waals surface area contributed by atoms with Crippen LogP contribution in [-0.2, 0) is 15.3 Å². The van der Waals surface area contributed by atoms with E-state index in [0.29, 0.717) is 5.01 Å². The highest BCUT2D eigenvalue weighted by Crippen LogP contribution is 2.31. The van der Waals surface area contributed by atoms with E-state index in [4.69, 9.17) is 9.47 Å². The molecule has 0 amide bonds. The van der Waals surface area contributed by atoms with Crippen molar-refractivity contribution in [2.45, 2.75) is 19.6 Å². The summed E-state index contributed by atoms with van der Waals surface area (Å²) >= 11 is 9.38. The van der Waals surface area contributed by atoms with Gasteiger partial charge < -0.3 is 9.47 Å². The monoisotopic (exact) mass is 456 g/mol. The number of methoxy groups -OCH3 is 2. The van der Waals surface area contributed by atoms with Gasteiger partial charge >= 0.3 is 0 Å². The Balaban J connectivity index is 0.000000219. The molecular weight excluding hydrogens is 444 g/mol. The molecule has 0 N–H and O–H groups in total. The van der Waals surface area contributed by atoms with E-state index in [1.807, 2.05) is 6.92 Å². The van der Waals surface area contributed by atoms with Crippen LogP contribution in [-0.4, -0.2) is 30.0 Å². The van der Waals surface area contributed by atoms with Crippen molar-refractivity contribution in [3.05, 3.63) is 30.0 Å². The highest BCUT2D eigenvalue weighted by atomic mass is 79.9. The standard InChI is InChI=1S/C7H10BrNO2S.C5H4BrNOS/c1-7(10-2,11-3)6-9-4-5(8)12-6;1-3(8)5-7-2-4(6)9-5/h4H,1-3H3;2H,1H3. The zero-order valence-corrected chi connectivity index (χ0v) is 16.7. The van der Waals surface area contributed by atoms with Gasteiger partial charge in [-0.25, -0.2) is 9.97 Å². The van der Waals surface area contributed by atoms with Crippen LogP contribution in [0.5, 0.6) is 0 Å². The molecule has 0 saturated carbocycles. The number of rotatable bonds is 4. The van der Waals surface area contributed by atoms with Gasteiger partial charge in [0.15, 0.2) is 15.8 Å². The summed E-state index contributed by atoms with van der Waals surface area (Å²) in [5.74, 6) is -0.706. The van der Waals surface area contributed by atoms with Crippen LogP contribution in [0.4, 0.5) is 0 Å². The molecular formula is C12H14Br2N2O3S2. The molecule has 0 radical (unpaired) electrons. The van der Waals surface area contributed by atoms with Crippen LogP contribution in [0.15, 0.2) is 20.0 Å². The highest BCUT2D eigenvalue weighted by molar-refractivity contribution is 9.11. The molecule has 0 bridgehead atoms. The van der Waals surface area contributed by atoms with E-state index in [9.17, 15) is 4.79 Å². The molecule has 5 nitrogen and oxygen atoms in total. The quantitative estimate of drug-likeness (QED) is 0.500. The number of ketones is 1. The molecule has 2 aromatic heterocycles. The number of aromatic nitrogens is 2. The Morgan fingerprint density at radius 3 is 1.95 bits per heavy atom. The Bertz CT molecular complexity index is 597. The Labute approximate surface area is 148 Å². The maximum atomic E-state index is 10.6. The van der Waals surface area contributed by atoms with E-state index in [2.05, 4.69) is 41.8 Å². The second-order valence-electron chi connectivity index (χ2n) is 3.85. The summed E-state index contributed by atoms with van der Waals surface area (Å²) < 4.78 is 12.2. The zero-order chi connectivity index (χ0) is 16.0. The normalized spacial score (nSPS) is 11.0.